The topological polar surface area (TPSA) is 64.4 Å². The molecule has 5 nitrogen and oxygen atoms in total. The molecule has 0 aliphatic rings. The maximum Gasteiger partial charge on any atom is 0.257 e. The molecule has 0 unspecified atom stereocenters. The molecule has 1 N–H and O–H groups in total. The van der Waals surface area contributed by atoms with Gasteiger partial charge in [0.2, 0.25) is 5.91 Å². The van der Waals surface area contributed by atoms with Crippen molar-refractivity contribution in [3.05, 3.63) is 78.4 Å². The summed E-state index contributed by atoms with van der Waals surface area (Å²) in [7, 11) is 0. The molecule has 32 heavy (non-hydrogen) atoms. The molecule has 1 aromatic heterocycles. The predicted molar refractivity (Wildman–Crippen MR) is 130 cm³/mol. The van der Waals surface area contributed by atoms with Gasteiger partial charge in [0, 0.05) is 5.69 Å². The first-order chi connectivity index (χ1) is 15.4. The highest BCUT2D eigenvalue weighted by Crippen LogP contribution is 2.30. The van der Waals surface area contributed by atoms with Gasteiger partial charge >= 0.3 is 0 Å². The lowest BCUT2D eigenvalue weighted by Gasteiger charge is -2.23. The van der Waals surface area contributed by atoms with Crippen molar-refractivity contribution in [2.75, 3.05) is 11.1 Å². The van der Waals surface area contributed by atoms with Crippen LogP contribution in [0.15, 0.2) is 82.4 Å². The van der Waals surface area contributed by atoms with Gasteiger partial charge in [-0.1, -0.05) is 56.8 Å². The van der Waals surface area contributed by atoms with Crippen LogP contribution in [0.4, 0.5) is 5.69 Å². The normalized spacial score (nSPS) is 11.5. The van der Waals surface area contributed by atoms with E-state index in [0.29, 0.717) is 16.7 Å². The van der Waals surface area contributed by atoms with E-state index in [2.05, 4.69) is 43.2 Å². The molecular weight excluding hydrogens is 420 g/mol. The number of carbonyl (C=O) groups excluding carboxylic acids is 1. The Kier molecular flexibility index (Phi) is 6.51. The second kappa shape index (κ2) is 9.49. The average molecular weight is 447 g/mol. The second-order valence-electron chi connectivity index (χ2n) is 8.17. The summed E-state index contributed by atoms with van der Waals surface area (Å²) in [6.07, 6.45) is 1.08. The standard InChI is InChI=1S/C26H26N2O3S/c1-4-26(2,3)18-9-13-20(14-10-18)30-21-15-11-19(12-16-21)27-24(29)17-32-25-28-22-7-5-6-8-23(22)31-25/h5-16H,4,17H2,1-3H3,(H,27,29). The number of benzene rings is 3. The largest absolute Gasteiger partial charge is 0.457 e. The zero-order valence-electron chi connectivity index (χ0n) is 18.4. The SMILES string of the molecule is CCC(C)(C)c1ccc(Oc2ccc(NC(=O)CSc3nc4ccccc4o3)cc2)cc1. The number of nitrogens with one attached hydrogen (secondary N) is 1. The predicted octanol–water partition coefficient (Wildman–Crippen LogP) is 7.04. The van der Waals surface area contributed by atoms with Crippen LogP contribution in [-0.4, -0.2) is 16.6 Å². The van der Waals surface area contributed by atoms with Gasteiger partial charge in [-0.25, -0.2) is 4.98 Å². The minimum atomic E-state index is -0.125. The molecule has 4 rings (SSSR count). The number of nitrogens with zero attached hydrogens (tertiary/aromatic N) is 1. The van der Waals surface area contributed by atoms with Crippen molar-refractivity contribution in [3.8, 4) is 11.5 Å². The third-order valence-electron chi connectivity index (χ3n) is 5.49. The third-order valence-corrected chi connectivity index (χ3v) is 6.32. The number of hydrogen-bond acceptors (Lipinski definition) is 5. The van der Waals surface area contributed by atoms with E-state index in [1.807, 2.05) is 60.7 Å². The molecule has 3 aromatic carbocycles. The molecular formula is C26H26N2O3S. The number of anilines is 1. The van der Waals surface area contributed by atoms with E-state index in [1.165, 1.54) is 17.3 Å². The maximum absolute atomic E-state index is 12.3. The molecule has 0 aliphatic heterocycles. The summed E-state index contributed by atoms with van der Waals surface area (Å²) in [5, 5.41) is 3.37. The summed E-state index contributed by atoms with van der Waals surface area (Å²) < 4.78 is 11.6. The lowest BCUT2D eigenvalue weighted by Crippen LogP contribution is -2.14. The lowest BCUT2D eigenvalue weighted by molar-refractivity contribution is -0.113. The van der Waals surface area contributed by atoms with E-state index in [-0.39, 0.29) is 17.1 Å². The quantitative estimate of drug-likeness (QED) is 0.294. The summed E-state index contributed by atoms with van der Waals surface area (Å²) >= 11 is 1.27. The minimum absolute atomic E-state index is 0.125. The van der Waals surface area contributed by atoms with Crippen molar-refractivity contribution in [1.29, 1.82) is 0 Å². The molecule has 0 bridgehead atoms. The third kappa shape index (κ3) is 5.32. The van der Waals surface area contributed by atoms with Gasteiger partial charge in [0.25, 0.3) is 5.22 Å². The Bertz CT molecular complexity index is 1160. The molecule has 6 heteroatoms. The van der Waals surface area contributed by atoms with Crippen molar-refractivity contribution in [2.45, 2.75) is 37.8 Å². The number of fused-ring (bicyclic) bond motifs is 1. The fourth-order valence-corrected chi connectivity index (χ4v) is 3.80. The number of amides is 1. The molecule has 4 aromatic rings. The molecule has 0 spiro atoms. The fourth-order valence-electron chi connectivity index (χ4n) is 3.16. The smallest absolute Gasteiger partial charge is 0.257 e. The van der Waals surface area contributed by atoms with E-state index in [4.69, 9.17) is 9.15 Å². The van der Waals surface area contributed by atoms with Crippen molar-refractivity contribution in [3.63, 3.8) is 0 Å². The van der Waals surface area contributed by atoms with E-state index >= 15 is 0 Å². The van der Waals surface area contributed by atoms with Gasteiger partial charge in [-0.3, -0.25) is 4.79 Å². The van der Waals surface area contributed by atoms with E-state index in [0.717, 1.165) is 23.3 Å². The first-order valence-electron chi connectivity index (χ1n) is 10.6. The highest BCUT2D eigenvalue weighted by atomic mass is 32.2. The molecule has 0 saturated carbocycles. The Hall–Kier alpha value is -3.25. The van der Waals surface area contributed by atoms with Crippen molar-refractivity contribution in [1.82, 2.24) is 4.98 Å². The Balaban J connectivity index is 1.29. The van der Waals surface area contributed by atoms with Gasteiger partial charge in [-0.2, -0.15) is 0 Å². The van der Waals surface area contributed by atoms with Crippen LogP contribution in [0.25, 0.3) is 11.1 Å². The van der Waals surface area contributed by atoms with Gasteiger partial charge < -0.3 is 14.5 Å². The summed E-state index contributed by atoms with van der Waals surface area (Å²) in [5.74, 6) is 1.59. The first-order valence-corrected chi connectivity index (χ1v) is 11.6. The van der Waals surface area contributed by atoms with Gasteiger partial charge in [-0.05, 0) is 65.9 Å². The van der Waals surface area contributed by atoms with Crippen LogP contribution >= 0.6 is 11.8 Å². The second-order valence-corrected chi connectivity index (χ2v) is 9.10. The molecule has 0 radical (unpaired) electrons. The Labute approximate surface area is 192 Å². The molecule has 1 heterocycles. The van der Waals surface area contributed by atoms with E-state index < -0.39 is 0 Å². The molecule has 1 amide bonds. The van der Waals surface area contributed by atoms with Gasteiger partial charge in [0.1, 0.15) is 17.0 Å². The number of para-hydroxylation sites is 2. The van der Waals surface area contributed by atoms with Crippen LogP contribution in [0, 0.1) is 0 Å². The minimum Gasteiger partial charge on any atom is -0.457 e. The first kappa shape index (κ1) is 22.0. The van der Waals surface area contributed by atoms with Gasteiger partial charge in [0.15, 0.2) is 5.58 Å². The van der Waals surface area contributed by atoms with Gasteiger partial charge in [-0.15, -0.1) is 0 Å². The highest BCUT2D eigenvalue weighted by molar-refractivity contribution is 7.99. The molecule has 164 valence electrons. The van der Waals surface area contributed by atoms with Crippen LogP contribution in [0.3, 0.4) is 0 Å². The van der Waals surface area contributed by atoms with Crippen LogP contribution in [0.1, 0.15) is 32.8 Å². The average Bonchev–Trinajstić information content (AvgIpc) is 3.22. The maximum atomic E-state index is 12.3. The highest BCUT2D eigenvalue weighted by Gasteiger charge is 2.17. The van der Waals surface area contributed by atoms with Crippen LogP contribution in [-0.2, 0) is 10.2 Å². The number of thioether (sulfide) groups is 1. The monoisotopic (exact) mass is 446 g/mol. The molecule has 0 saturated heterocycles. The number of rotatable bonds is 8. The summed E-state index contributed by atoms with van der Waals surface area (Å²) in [6, 6.07) is 23.1. The van der Waals surface area contributed by atoms with Crippen LogP contribution in [0.5, 0.6) is 11.5 Å². The number of oxazole rings is 1. The molecule has 0 aliphatic carbocycles. The summed E-state index contributed by atoms with van der Waals surface area (Å²) in [4.78, 5) is 16.6. The Morgan fingerprint density at radius 3 is 2.31 bits per heavy atom. The zero-order chi connectivity index (χ0) is 22.6. The van der Waals surface area contributed by atoms with Crippen LogP contribution in [0.2, 0.25) is 0 Å². The van der Waals surface area contributed by atoms with Crippen molar-refractivity contribution < 1.29 is 13.9 Å². The van der Waals surface area contributed by atoms with E-state index in [9.17, 15) is 4.79 Å². The number of aromatic nitrogens is 1. The molecule has 0 fully saturated rings. The zero-order valence-corrected chi connectivity index (χ0v) is 19.2. The van der Waals surface area contributed by atoms with Crippen molar-refractivity contribution in [2.24, 2.45) is 0 Å². The summed E-state index contributed by atoms with van der Waals surface area (Å²) in [5.41, 5.74) is 3.66. The Morgan fingerprint density at radius 2 is 1.66 bits per heavy atom. The Morgan fingerprint density at radius 1 is 1.00 bits per heavy atom. The van der Waals surface area contributed by atoms with Gasteiger partial charge in [0.05, 0.1) is 5.75 Å². The van der Waals surface area contributed by atoms with E-state index in [1.54, 1.807) is 0 Å². The molecule has 0 atom stereocenters. The summed E-state index contributed by atoms with van der Waals surface area (Å²) in [6.45, 7) is 6.67. The van der Waals surface area contributed by atoms with Crippen molar-refractivity contribution >= 4 is 34.5 Å². The van der Waals surface area contributed by atoms with Crippen LogP contribution < -0.4 is 10.1 Å². The fraction of sp³-hybridized carbons (Fsp3) is 0.231. The number of ether oxygens (including phenoxy) is 1. The number of hydrogen-bond donors (Lipinski definition) is 1. The lowest BCUT2D eigenvalue weighted by atomic mass is 9.82. The number of carbonyl (C=O) groups is 1.